The minimum absolute atomic E-state index is 0.0420. The van der Waals surface area contributed by atoms with Gasteiger partial charge in [-0.15, -0.1) is 0 Å². The Morgan fingerprint density at radius 1 is 0.816 bits per heavy atom. The highest BCUT2D eigenvalue weighted by Crippen LogP contribution is 2.23. The van der Waals surface area contributed by atoms with Crippen molar-refractivity contribution in [2.75, 3.05) is 18.4 Å². The lowest BCUT2D eigenvalue weighted by molar-refractivity contribution is -0.139. The number of alkyl carbamates (subject to hydrolysis) is 1. The van der Waals surface area contributed by atoms with Gasteiger partial charge < -0.3 is 31.1 Å². The van der Waals surface area contributed by atoms with E-state index in [-0.39, 0.29) is 18.9 Å². The van der Waals surface area contributed by atoms with Gasteiger partial charge in [0, 0.05) is 32.1 Å². The van der Waals surface area contributed by atoms with Crippen LogP contribution < -0.4 is 21.3 Å². The van der Waals surface area contributed by atoms with Gasteiger partial charge in [0.2, 0.25) is 5.91 Å². The molecule has 38 heavy (non-hydrogen) atoms. The molecule has 1 atom stereocenters. The maximum absolute atomic E-state index is 12.1. The molecular weight excluding hydrogens is 488 g/mol. The van der Waals surface area contributed by atoms with Crippen LogP contribution in [0.25, 0.3) is 11.1 Å². The van der Waals surface area contributed by atoms with Gasteiger partial charge in [-0.25, -0.2) is 14.4 Å². The maximum atomic E-state index is 12.1. The topological polar surface area (TPSA) is 146 Å². The zero-order chi connectivity index (χ0) is 27.3. The molecule has 0 aliphatic heterocycles. The molecule has 0 fully saturated rings. The molecule has 198 valence electrons. The molecule has 3 aromatic carbocycles. The van der Waals surface area contributed by atoms with Crippen molar-refractivity contribution in [1.82, 2.24) is 16.0 Å². The Hall–Kier alpha value is -4.86. The van der Waals surface area contributed by atoms with Gasteiger partial charge in [-0.05, 0) is 34.4 Å². The van der Waals surface area contributed by atoms with E-state index >= 15 is 0 Å². The van der Waals surface area contributed by atoms with Crippen LogP contribution in [-0.2, 0) is 27.4 Å². The molecule has 4 amide bonds. The van der Waals surface area contributed by atoms with Gasteiger partial charge in [-0.2, -0.15) is 0 Å². The molecule has 0 bridgehead atoms. The summed E-state index contributed by atoms with van der Waals surface area (Å²) in [6.07, 6.45) is -0.725. The van der Waals surface area contributed by atoms with Crippen molar-refractivity contribution in [3.8, 4) is 11.1 Å². The maximum Gasteiger partial charge on any atom is 0.408 e. The molecule has 0 saturated carbocycles. The van der Waals surface area contributed by atoms with E-state index in [1.165, 1.54) is 6.92 Å². The molecule has 0 spiro atoms. The lowest BCUT2D eigenvalue weighted by Crippen LogP contribution is -2.42. The summed E-state index contributed by atoms with van der Waals surface area (Å²) in [5, 5.41) is 20.0. The fourth-order valence-electron chi connectivity index (χ4n) is 3.54. The van der Waals surface area contributed by atoms with Gasteiger partial charge in [0.05, 0.1) is 0 Å². The Labute approximate surface area is 220 Å². The molecule has 1 unspecified atom stereocenters. The van der Waals surface area contributed by atoms with Crippen LogP contribution in [0.3, 0.4) is 0 Å². The quantitative estimate of drug-likeness (QED) is 0.246. The third-order valence-electron chi connectivity index (χ3n) is 5.43. The molecule has 10 nitrogen and oxygen atoms in total. The number of benzene rings is 3. The van der Waals surface area contributed by atoms with Crippen LogP contribution in [0.15, 0.2) is 78.9 Å². The van der Waals surface area contributed by atoms with E-state index in [2.05, 4.69) is 21.3 Å². The zero-order valence-electron chi connectivity index (χ0n) is 20.9. The molecule has 3 aromatic rings. The van der Waals surface area contributed by atoms with Crippen LogP contribution in [0, 0.1) is 0 Å². The van der Waals surface area contributed by atoms with Crippen LogP contribution in [0.5, 0.6) is 0 Å². The monoisotopic (exact) mass is 518 g/mol. The standard InChI is InChI=1S/C28H30N4O6/c1-19(33)29-14-15-30-27(36)31-24-9-5-8-23(17-24)22-12-10-20(11-13-22)16-25(26(34)35)32-28(37)38-18-21-6-3-2-4-7-21/h2-13,17,25H,14-16,18H2,1H3,(H,29,33)(H,32,37)(H,34,35)(H2,30,31,36). The van der Waals surface area contributed by atoms with Gasteiger partial charge >= 0.3 is 18.1 Å². The highest BCUT2D eigenvalue weighted by Gasteiger charge is 2.21. The van der Waals surface area contributed by atoms with Crippen molar-refractivity contribution >= 4 is 29.7 Å². The van der Waals surface area contributed by atoms with E-state index in [1.807, 2.05) is 48.5 Å². The van der Waals surface area contributed by atoms with Crippen molar-refractivity contribution in [2.45, 2.75) is 26.0 Å². The summed E-state index contributed by atoms with van der Waals surface area (Å²) in [5.41, 5.74) is 3.83. The second-order valence-corrected chi connectivity index (χ2v) is 8.44. The van der Waals surface area contributed by atoms with E-state index in [4.69, 9.17) is 4.74 Å². The second-order valence-electron chi connectivity index (χ2n) is 8.44. The Kier molecular flexibility index (Phi) is 10.2. The number of hydrogen-bond acceptors (Lipinski definition) is 5. The lowest BCUT2D eigenvalue weighted by atomic mass is 10.0. The second kappa shape index (κ2) is 14.0. The molecule has 0 aromatic heterocycles. The number of nitrogens with one attached hydrogen (secondary N) is 4. The van der Waals surface area contributed by atoms with E-state index in [0.717, 1.165) is 22.3 Å². The SMILES string of the molecule is CC(=O)NCCNC(=O)Nc1cccc(-c2ccc(CC(NC(=O)OCc3ccccc3)C(=O)O)cc2)c1. The highest BCUT2D eigenvalue weighted by molar-refractivity contribution is 5.90. The largest absolute Gasteiger partial charge is 0.480 e. The summed E-state index contributed by atoms with van der Waals surface area (Å²) in [7, 11) is 0. The molecule has 10 heteroatoms. The summed E-state index contributed by atoms with van der Waals surface area (Å²) in [6.45, 7) is 2.08. The van der Waals surface area contributed by atoms with E-state index in [1.54, 1.807) is 30.3 Å². The Balaban J connectivity index is 1.54. The van der Waals surface area contributed by atoms with Gasteiger partial charge in [0.1, 0.15) is 12.6 Å². The van der Waals surface area contributed by atoms with Crippen molar-refractivity contribution < 1.29 is 29.0 Å². The minimum Gasteiger partial charge on any atom is -0.480 e. The van der Waals surface area contributed by atoms with Gasteiger partial charge in [-0.1, -0.05) is 66.7 Å². The van der Waals surface area contributed by atoms with Crippen LogP contribution in [0.4, 0.5) is 15.3 Å². The predicted molar refractivity (Wildman–Crippen MR) is 142 cm³/mol. The molecule has 5 N–H and O–H groups in total. The van der Waals surface area contributed by atoms with Crippen molar-refractivity contribution in [3.05, 3.63) is 90.0 Å². The van der Waals surface area contributed by atoms with E-state index in [9.17, 15) is 24.3 Å². The molecule has 0 saturated heterocycles. The molecule has 3 rings (SSSR count). The van der Waals surface area contributed by atoms with Crippen LogP contribution >= 0.6 is 0 Å². The highest BCUT2D eigenvalue weighted by atomic mass is 16.5. The van der Waals surface area contributed by atoms with Gasteiger partial charge in [0.15, 0.2) is 0 Å². The average Bonchev–Trinajstić information content (AvgIpc) is 2.90. The number of carboxylic acid groups (broad SMARTS) is 1. The van der Waals surface area contributed by atoms with Crippen molar-refractivity contribution in [2.24, 2.45) is 0 Å². The third-order valence-corrected chi connectivity index (χ3v) is 5.43. The summed E-state index contributed by atoms with van der Waals surface area (Å²) in [5.74, 6) is -1.33. The molecule has 0 radical (unpaired) electrons. The number of ether oxygens (including phenoxy) is 1. The summed E-state index contributed by atoms with van der Waals surface area (Å²) < 4.78 is 5.13. The van der Waals surface area contributed by atoms with Crippen molar-refractivity contribution in [3.63, 3.8) is 0 Å². The Morgan fingerprint density at radius 2 is 1.53 bits per heavy atom. The Bertz CT molecular complexity index is 1250. The van der Waals surface area contributed by atoms with Gasteiger partial charge in [-0.3, -0.25) is 4.79 Å². The van der Waals surface area contributed by atoms with Crippen LogP contribution in [-0.4, -0.2) is 48.2 Å². The lowest BCUT2D eigenvalue weighted by Gasteiger charge is -2.15. The number of urea groups is 1. The summed E-state index contributed by atoms with van der Waals surface area (Å²) in [4.78, 5) is 46.8. The number of carbonyl (C=O) groups excluding carboxylic acids is 3. The average molecular weight is 519 g/mol. The number of hydrogen-bond donors (Lipinski definition) is 5. The zero-order valence-corrected chi connectivity index (χ0v) is 20.9. The number of carboxylic acids is 1. The number of amides is 4. The normalized spacial score (nSPS) is 11.1. The minimum atomic E-state index is -1.17. The predicted octanol–water partition coefficient (Wildman–Crippen LogP) is 3.53. The number of rotatable bonds is 11. The molecule has 0 aliphatic rings. The number of aliphatic carboxylic acids is 1. The van der Waals surface area contributed by atoms with E-state index < -0.39 is 24.1 Å². The Morgan fingerprint density at radius 3 is 2.21 bits per heavy atom. The summed E-state index contributed by atoms with van der Waals surface area (Å²) >= 11 is 0. The van der Waals surface area contributed by atoms with Crippen molar-refractivity contribution in [1.29, 1.82) is 0 Å². The molecule has 0 heterocycles. The fourth-order valence-corrected chi connectivity index (χ4v) is 3.54. The first-order valence-corrected chi connectivity index (χ1v) is 12.0. The fraction of sp³-hybridized carbons (Fsp3) is 0.214. The summed E-state index contributed by atoms with van der Waals surface area (Å²) in [6, 6.07) is 22.1. The van der Waals surface area contributed by atoms with Gasteiger partial charge in [0.25, 0.3) is 0 Å². The third kappa shape index (κ3) is 9.30. The number of anilines is 1. The first-order chi connectivity index (χ1) is 18.3. The molecule has 0 aliphatic carbocycles. The smallest absolute Gasteiger partial charge is 0.408 e. The molecular formula is C28H30N4O6. The van der Waals surface area contributed by atoms with Crippen LogP contribution in [0.2, 0.25) is 0 Å². The van der Waals surface area contributed by atoms with Crippen LogP contribution in [0.1, 0.15) is 18.1 Å². The number of carbonyl (C=O) groups is 4. The first kappa shape index (κ1) is 27.7. The van der Waals surface area contributed by atoms with E-state index in [0.29, 0.717) is 18.8 Å². The first-order valence-electron chi connectivity index (χ1n) is 12.0.